The van der Waals surface area contributed by atoms with Crippen LogP contribution < -0.4 is 4.90 Å². The molecule has 5 heterocycles. The van der Waals surface area contributed by atoms with E-state index in [1.165, 1.54) is 0 Å². The van der Waals surface area contributed by atoms with Gasteiger partial charge in [0.1, 0.15) is 10.8 Å². The van der Waals surface area contributed by atoms with Crippen molar-refractivity contribution in [1.29, 1.82) is 0 Å². The second-order valence-electron chi connectivity index (χ2n) is 10.4. The molecule has 2 aromatic heterocycles. The molecule has 8 nitrogen and oxygen atoms in total. The Morgan fingerprint density at radius 1 is 1.25 bits per heavy atom. The van der Waals surface area contributed by atoms with Crippen LogP contribution in [0.5, 0.6) is 0 Å². The zero-order valence-electron chi connectivity index (χ0n) is 19.1. The maximum Gasteiger partial charge on any atom is 0.410 e. The van der Waals surface area contributed by atoms with Gasteiger partial charge in [-0.05, 0) is 52.9 Å². The van der Waals surface area contributed by atoms with Crippen molar-refractivity contribution in [2.75, 3.05) is 37.7 Å². The minimum atomic E-state index is -0.476. The fourth-order valence-electron chi connectivity index (χ4n) is 5.23. The monoisotopic (exact) mass is 461 g/mol. The maximum absolute atomic E-state index is 12.6. The number of anilines is 1. The van der Waals surface area contributed by atoms with E-state index in [9.17, 15) is 4.79 Å². The zero-order chi connectivity index (χ0) is 22.5. The number of hydrogen-bond acceptors (Lipinski definition) is 6. The summed E-state index contributed by atoms with van der Waals surface area (Å²) in [5.74, 6) is 0.936. The van der Waals surface area contributed by atoms with Crippen molar-refractivity contribution >= 4 is 34.4 Å². The normalized spacial score (nSPS) is 26.4. The van der Waals surface area contributed by atoms with Crippen LogP contribution in [0.2, 0.25) is 5.15 Å². The molecule has 1 amide bonds. The minimum Gasteiger partial charge on any atom is -0.444 e. The Morgan fingerprint density at radius 3 is 2.81 bits per heavy atom. The van der Waals surface area contributed by atoms with Crippen LogP contribution in [-0.4, -0.2) is 64.1 Å². The first-order valence-electron chi connectivity index (χ1n) is 11.6. The lowest BCUT2D eigenvalue weighted by Crippen LogP contribution is -2.37. The molecule has 1 spiro atoms. The van der Waals surface area contributed by atoms with Crippen molar-refractivity contribution in [3.05, 3.63) is 17.4 Å². The first-order valence-corrected chi connectivity index (χ1v) is 12.0. The molecule has 2 atom stereocenters. The average molecular weight is 462 g/mol. The molecule has 2 unspecified atom stereocenters. The van der Waals surface area contributed by atoms with Crippen LogP contribution in [0.25, 0.3) is 10.9 Å². The number of likely N-dealkylation sites (tertiary alicyclic amines) is 1. The first kappa shape index (κ1) is 21.8. The van der Waals surface area contributed by atoms with Gasteiger partial charge in [0.15, 0.2) is 12.0 Å². The molecule has 174 valence electrons. The topological polar surface area (TPSA) is 72.7 Å². The molecule has 0 bridgehead atoms. The lowest BCUT2D eigenvalue weighted by molar-refractivity contribution is -0.0365. The summed E-state index contributed by atoms with van der Waals surface area (Å²) in [6, 6.07) is 1.89. The SMILES string of the molecule is CC(C)(C)OC(=O)N1CCC2(CCN(c3nn(C4CCCCO4)c4cc(Cl)ncc34)C2)C1. The Bertz CT molecular complexity index is 1010. The van der Waals surface area contributed by atoms with Crippen LogP contribution >= 0.6 is 11.6 Å². The van der Waals surface area contributed by atoms with Gasteiger partial charge in [0.05, 0.1) is 10.9 Å². The summed E-state index contributed by atoms with van der Waals surface area (Å²) in [4.78, 5) is 21.1. The molecule has 0 radical (unpaired) electrons. The van der Waals surface area contributed by atoms with Crippen LogP contribution in [0.1, 0.15) is 59.1 Å². The van der Waals surface area contributed by atoms with Gasteiger partial charge in [-0.25, -0.2) is 14.5 Å². The van der Waals surface area contributed by atoms with Crippen molar-refractivity contribution in [3.8, 4) is 0 Å². The molecule has 5 rings (SSSR count). The second kappa shape index (κ2) is 8.06. The van der Waals surface area contributed by atoms with Gasteiger partial charge >= 0.3 is 6.09 Å². The summed E-state index contributed by atoms with van der Waals surface area (Å²) in [5, 5.41) is 6.47. The Hall–Kier alpha value is -2.06. The van der Waals surface area contributed by atoms with E-state index in [2.05, 4.69) is 9.88 Å². The average Bonchev–Trinajstić information content (AvgIpc) is 3.45. The number of ether oxygens (including phenoxy) is 2. The van der Waals surface area contributed by atoms with Crippen molar-refractivity contribution in [3.63, 3.8) is 0 Å². The number of pyridine rings is 1. The molecule has 32 heavy (non-hydrogen) atoms. The molecule has 9 heteroatoms. The van der Waals surface area contributed by atoms with Gasteiger partial charge in [0.25, 0.3) is 0 Å². The Kier molecular flexibility index (Phi) is 5.48. The summed E-state index contributed by atoms with van der Waals surface area (Å²) in [6.45, 7) is 9.73. The summed E-state index contributed by atoms with van der Waals surface area (Å²) >= 11 is 6.23. The van der Waals surface area contributed by atoms with Crippen molar-refractivity contribution < 1.29 is 14.3 Å². The molecule has 3 fully saturated rings. The third-order valence-corrected chi connectivity index (χ3v) is 7.00. The van der Waals surface area contributed by atoms with Crippen LogP contribution in [0.4, 0.5) is 10.6 Å². The number of nitrogens with zero attached hydrogens (tertiary/aromatic N) is 5. The van der Waals surface area contributed by atoms with Gasteiger partial charge < -0.3 is 19.3 Å². The third-order valence-electron chi connectivity index (χ3n) is 6.80. The number of rotatable bonds is 2. The zero-order valence-corrected chi connectivity index (χ0v) is 19.9. The van der Waals surface area contributed by atoms with E-state index >= 15 is 0 Å². The highest BCUT2D eigenvalue weighted by Crippen LogP contribution is 2.43. The number of fused-ring (bicyclic) bond motifs is 1. The van der Waals surface area contributed by atoms with Crippen LogP contribution in [-0.2, 0) is 9.47 Å². The first-order chi connectivity index (χ1) is 15.2. The highest BCUT2D eigenvalue weighted by Gasteiger charge is 2.46. The fourth-order valence-corrected chi connectivity index (χ4v) is 5.38. The summed E-state index contributed by atoms with van der Waals surface area (Å²) in [6.07, 6.45) is 6.73. The van der Waals surface area contributed by atoms with Crippen LogP contribution in [0.3, 0.4) is 0 Å². The van der Waals surface area contributed by atoms with E-state index < -0.39 is 5.60 Å². The van der Waals surface area contributed by atoms with E-state index in [1.807, 2.05) is 42.6 Å². The highest BCUT2D eigenvalue weighted by atomic mass is 35.5. The van der Waals surface area contributed by atoms with Crippen LogP contribution in [0.15, 0.2) is 12.3 Å². The summed E-state index contributed by atoms with van der Waals surface area (Å²) < 4.78 is 13.6. The van der Waals surface area contributed by atoms with Gasteiger partial charge in [-0.2, -0.15) is 5.10 Å². The van der Waals surface area contributed by atoms with E-state index in [1.54, 1.807) is 0 Å². The number of amides is 1. The maximum atomic E-state index is 12.6. The summed E-state index contributed by atoms with van der Waals surface area (Å²) in [7, 11) is 0. The molecular formula is C23H32ClN5O3. The quantitative estimate of drug-likeness (QED) is 0.607. The van der Waals surface area contributed by atoms with Crippen molar-refractivity contribution in [1.82, 2.24) is 19.7 Å². The van der Waals surface area contributed by atoms with E-state index in [4.69, 9.17) is 26.2 Å². The van der Waals surface area contributed by atoms with Crippen LogP contribution in [0, 0.1) is 5.41 Å². The van der Waals surface area contributed by atoms with Gasteiger partial charge in [0, 0.05) is 50.5 Å². The Balaban J connectivity index is 1.37. The summed E-state index contributed by atoms with van der Waals surface area (Å²) in [5.41, 5.74) is 0.568. The number of aromatic nitrogens is 3. The standard InChI is InChI=1S/C23H32ClN5O3/c1-22(2,3)32-21(30)28-10-8-23(15-28)7-9-27(14-23)20-16-13-25-18(24)12-17(16)29(26-20)19-6-4-5-11-31-19/h12-13,19H,4-11,14-15H2,1-3H3. The number of halogens is 1. The third kappa shape index (κ3) is 4.15. The van der Waals surface area contributed by atoms with Gasteiger partial charge in [-0.3, -0.25) is 0 Å². The highest BCUT2D eigenvalue weighted by molar-refractivity contribution is 6.30. The molecule has 0 saturated carbocycles. The van der Waals surface area contributed by atoms with Gasteiger partial charge in [0.2, 0.25) is 0 Å². The molecule has 0 aliphatic carbocycles. The number of carbonyl (C=O) groups is 1. The Morgan fingerprint density at radius 2 is 2.06 bits per heavy atom. The molecule has 3 aliphatic rings. The van der Waals surface area contributed by atoms with E-state index in [-0.39, 0.29) is 17.7 Å². The second-order valence-corrected chi connectivity index (χ2v) is 10.8. The fraction of sp³-hybridized carbons (Fsp3) is 0.696. The number of hydrogen-bond donors (Lipinski definition) is 0. The smallest absolute Gasteiger partial charge is 0.410 e. The Labute approximate surface area is 193 Å². The molecule has 2 aromatic rings. The lowest BCUT2D eigenvalue weighted by Gasteiger charge is -2.27. The van der Waals surface area contributed by atoms with Crippen molar-refractivity contribution in [2.45, 2.75) is 64.7 Å². The van der Waals surface area contributed by atoms with E-state index in [0.29, 0.717) is 5.15 Å². The molecule has 3 saturated heterocycles. The predicted octanol–water partition coefficient (Wildman–Crippen LogP) is 4.62. The lowest BCUT2D eigenvalue weighted by atomic mass is 9.86. The molecule has 0 aromatic carbocycles. The van der Waals surface area contributed by atoms with Crippen molar-refractivity contribution in [2.24, 2.45) is 5.41 Å². The molecular weight excluding hydrogens is 430 g/mol. The van der Waals surface area contributed by atoms with Gasteiger partial charge in [-0.1, -0.05) is 11.6 Å². The van der Waals surface area contributed by atoms with E-state index in [0.717, 1.165) is 81.6 Å². The van der Waals surface area contributed by atoms with Gasteiger partial charge in [-0.15, -0.1) is 0 Å². The largest absolute Gasteiger partial charge is 0.444 e. The molecule has 3 aliphatic heterocycles. The minimum absolute atomic E-state index is 0.0656. The molecule has 0 N–H and O–H groups in total. The number of carbonyl (C=O) groups excluding carboxylic acids is 1. The predicted molar refractivity (Wildman–Crippen MR) is 123 cm³/mol.